The van der Waals surface area contributed by atoms with Gasteiger partial charge >= 0.3 is 0 Å². The Labute approximate surface area is 256 Å². The third kappa shape index (κ3) is 7.31. The lowest BCUT2D eigenvalue weighted by Crippen LogP contribution is -2.38. The monoisotopic (exact) mass is 596 g/mol. The second-order valence-electron chi connectivity index (χ2n) is 12.0. The van der Waals surface area contributed by atoms with Gasteiger partial charge in [0.25, 0.3) is 10.1 Å². The average molecular weight is 597 g/mol. The molecule has 0 spiro atoms. The summed E-state index contributed by atoms with van der Waals surface area (Å²) in [7, 11) is -3.92. The van der Waals surface area contributed by atoms with Crippen molar-refractivity contribution >= 4 is 10.1 Å². The first kappa shape index (κ1) is 29.5. The smallest absolute Gasteiger partial charge is 0.297 e. The summed E-state index contributed by atoms with van der Waals surface area (Å²) in [6, 6.07) is 33.1. The molecule has 0 aromatic heterocycles. The lowest BCUT2D eigenvalue weighted by molar-refractivity contribution is 0.0489. The van der Waals surface area contributed by atoms with Crippen molar-refractivity contribution in [1.82, 2.24) is 0 Å². The maximum absolute atomic E-state index is 13.5. The topological polar surface area (TPSA) is 61.8 Å². The summed E-state index contributed by atoms with van der Waals surface area (Å²) < 4.78 is 45.7. The van der Waals surface area contributed by atoms with Gasteiger partial charge in [-0.3, -0.25) is 4.18 Å². The zero-order chi connectivity index (χ0) is 29.6. The molecule has 5 nitrogen and oxygen atoms in total. The first-order valence-electron chi connectivity index (χ1n) is 15.4. The third-order valence-corrected chi connectivity index (χ3v) is 10.4. The molecule has 0 N–H and O–H groups in total. The van der Waals surface area contributed by atoms with E-state index in [1.807, 2.05) is 91.9 Å². The Kier molecular flexibility index (Phi) is 9.15. The van der Waals surface area contributed by atoms with Crippen molar-refractivity contribution in [2.45, 2.75) is 75.6 Å². The molecule has 0 amide bonds. The van der Waals surface area contributed by atoms with Crippen molar-refractivity contribution in [2.24, 2.45) is 11.8 Å². The fraction of sp³-hybridized carbons (Fsp3) is 0.351. The van der Waals surface area contributed by atoms with E-state index in [1.54, 1.807) is 12.1 Å². The molecule has 43 heavy (non-hydrogen) atoms. The second kappa shape index (κ2) is 13.4. The molecule has 6 heteroatoms. The molecule has 0 radical (unpaired) electrons. The molecule has 4 aromatic rings. The molecule has 2 aliphatic carbocycles. The standard InChI is InChI=1S/C37H40O5S/c1-27-16-19-33(20-17-27)43(38,39)42-36-23-31-15-9-8-14-30(31)22-34(36)32-18-21-35(40-25-28-10-4-2-5-11-28)37(24-32)41-26-29-12-6-3-7-13-29/h2-7,10-13,16-21,24,30-31,34,36H,8-9,14-15,22-23,25-26H2,1H3. The molecule has 6 rings (SSSR count). The fourth-order valence-electron chi connectivity index (χ4n) is 6.68. The van der Waals surface area contributed by atoms with Gasteiger partial charge in [0.2, 0.25) is 0 Å². The van der Waals surface area contributed by atoms with Crippen molar-refractivity contribution in [1.29, 1.82) is 0 Å². The first-order chi connectivity index (χ1) is 20.9. The Bertz CT molecular complexity index is 1590. The van der Waals surface area contributed by atoms with Crippen molar-refractivity contribution in [2.75, 3.05) is 0 Å². The molecule has 0 heterocycles. The lowest BCUT2D eigenvalue weighted by atomic mass is 9.65. The van der Waals surface area contributed by atoms with E-state index in [0.717, 1.165) is 41.5 Å². The zero-order valence-electron chi connectivity index (χ0n) is 24.7. The summed E-state index contributed by atoms with van der Waals surface area (Å²) in [6.07, 6.45) is 5.97. The van der Waals surface area contributed by atoms with Gasteiger partial charge < -0.3 is 9.47 Å². The van der Waals surface area contributed by atoms with Crippen LogP contribution in [-0.2, 0) is 27.5 Å². The van der Waals surface area contributed by atoms with E-state index in [4.69, 9.17) is 13.7 Å². The van der Waals surface area contributed by atoms with Crippen LogP contribution in [0.15, 0.2) is 108 Å². The molecule has 4 atom stereocenters. The molecular weight excluding hydrogens is 556 g/mol. The molecule has 0 bridgehead atoms. The molecular formula is C37H40O5S. The van der Waals surface area contributed by atoms with Gasteiger partial charge in [-0.05, 0) is 72.6 Å². The fourth-order valence-corrected chi connectivity index (χ4v) is 7.80. The Morgan fingerprint density at radius 2 is 1.26 bits per heavy atom. The van der Waals surface area contributed by atoms with Gasteiger partial charge in [0, 0.05) is 5.92 Å². The van der Waals surface area contributed by atoms with Crippen LogP contribution in [0.2, 0.25) is 0 Å². The van der Waals surface area contributed by atoms with E-state index in [-0.39, 0.29) is 10.8 Å². The Morgan fingerprint density at radius 1 is 0.674 bits per heavy atom. The van der Waals surface area contributed by atoms with Crippen LogP contribution in [0.1, 0.15) is 66.7 Å². The van der Waals surface area contributed by atoms with Gasteiger partial charge in [-0.15, -0.1) is 0 Å². The zero-order valence-corrected chi connectivity index (χ0v) is 25.5. The largest absolute Gasteiger partial charge is 0.485 e. The highest BCUT2D eigenvalue weighted by molar-refractivity contribution is 7.86. The molecule has 2 fully saturated rings. The summed E-state index contributed by atoms with van der Waals surface area (Å²) in [6.45, 7) is 2.78. The van der Waals surface area contributed by atoms with Crippen molar-refractivity contribution in [3.05, 3.63) is 125 Å². The van der Waals surface area contributed by atoms with Crippen LogP contribution in [0, 0.1) is 18.8 Å². The highest BCUT2D eigenvalue weighted by atomic mass is 32.2. The Morgan fingerprint density at radius 3 is 1.88 bits per heavy atom. The molecule has 2 aliphatic rings. The number of ether oxygens (including phenoxy) is 2. The van der Waals surface area contributed by atoms with Gasteiger partial charge in [-0.1, -0.05) is 110 Å². The van der Waals surface area contributed by atoms with Crippen molar-refractivity contribution in [3.8, 4) is 11.5 Å². The minimum Gasteiger partial charge on any atom is -0.485 e. The van der Waals surface area contributed by atoms with Crippen LogP contribution in [0.3, 0.4) is 0 Å². The maximum Gasteiger partial charge on any atom is 0.297 e. The van der Waals surface area contributed by atoms with Crippen LogP contribution in [0.5, 0.6) is 11.5 Å². The summed E-state index contributed by atoms with van der Waals surface area (Å²) in [5.41, 5.74) is 4.18. The van der Waals surface area contributed by atoms with Gasteiger partial charge in [0.15, 0.2) is 11.5 Å². The van der Waals surface area contributed by atoms with Crippen LogP contribution >= 0.6 is 0 Å². The number of fused-ring (bicyclic) bond motifs is 1. The normalized spacial score (nSPS) is 22.0. The van der Waals surface area contributed by atoms with E-state index >= 15 is 0 Å². The summed E-state index contributed by atoms with van der Waals surface area (Å²) >= 11 is 0. The minimum absolute atomic E-state index is 0.0678. The van der Waals surface area contributed by atoms with Gasteiger partial charge in [-0.25, -0.2) is 0 Å². The number of hydrogen-bond donors (Lipinski definition) is 0. The average Bonchev–Trinajstić information content (AvgIpc) is 3.03. The molecule has 224 valence electrons. The third-order valence-electron chi connectivity index (χ3n) is 9.04. The number of hydrogen-bond acceptors (Lipinski definition) is 5. The summed E-state index contributed by atoms with van der Waals surface area (Å²) in [4.78, 5) is 0.208. The molecule has 0 aliphatic heterocycles. The Hall–Kier alpha value is -3.61. The van der Waals surface area contributed by atoms with E-state index in [9.17, 15) is 8.42 Å². The number of benzene rings is 4. The molecule has 2 saturated carbocycles. The minimum atomic E-state index is -3.92. The van der Waals surface area contributed by atoms with Crippen LogP contribution in [-0.4, -0.2) is 14.5 Å². The predicted molar refractivity (Wildman–Crippen MR) is 169 cm³/mol. The van der Waals surface area contributed by atoms with Gasteiger partial charge in [-0.2, -0.15) is 8.42 Å². The Balaban J connectivity index is 1.30. The second-order valence-corrected chi connectivity index (χ2v) is 13.6. The van der Waals surface area contributed by atoms with Crippen LogP contribution in [0.25, 0.3) is 0 Å². The molecule has 4 unspecified atom stereocenters. The van der Waals surface area contributed by atoms with E-state index in [1.165, 1.54) is 19.3 Å². The van der Waals surface area contributed by atoms with E-state index < -0.39 is 16.2 Å². The predicted octanol–water partition coefficient (Wildman–Crippen LogP) is 8.61. The van der Waals surface area contributed by atoms with E-state index in [2.05, 4.69) is 6.07 Å². The molecule has 0 saturated heterocycles. The first-order valence-corrected chi connectivity index (χ1v) is 16.8. The van der Waals surface area contributed by atoms with Crippen molar-refractivity contribution < 1.29 is 22.1 Å². The highest BCUT2D eigenvalue weighted by Gasteiger charge is 2.41. The lowest BCUT2D eigenvalue weighted by Gasteiger charge is -2.43. The highest BCUT2D eigenvalue weighted by Crippen LogP contribution is 2.49. The summed E-state index contributed by atoms with van der Waals surface area (Å²) in [5, 5.41) is 0. The summed E-state index contributed by atoms with van der Waals surface area (Å²) in [5.74, 6) is 2.32. The quantitative estimate of drug-likeness (QED) is 0.172. The van der Waals surface area contributed by atoms with Crippen LogP contribution in [0.4, 0.5) is 0 Å². The SMILES string of the molecule is Cc1ccc(S(=O)(=O)OC2CC3CCCCC3CC2c2ccc(OCc3ccccc3)c(OCc3ccccc3)c2)cc1. The van der Waals surface area contributed by atoms with Gasteiger partial charge in [0.1, 0.15) is 13.2 Å². The van der Waals surface area contributed by atoms with Gasteiger partial charge in [0.05, 0.1) is 11.0 Å². The maximum atomic E-state index is 13.5. The van der Waals surface area contributed by atoms with Crippen LogP contribution < -0.4 is 9.47 Å². The number of rotatable bonds is 10. The molecule has 4 aromatic carbocycles. The number of aryl methyl sites for hydroxylation is 1. The van der Waals surface area contributed by atoms with Crippen molar-refractivity contribution in [3.63, 3.8) is 0 Å². The van der Waals surface area contributed by atoms with E-state index in [0.29, 0.717) is 36.5 Å².